The number of aliphatic hydroxyl groups excluding tert-OH is 8. The SMILES string of the molecule is CN[C@@H]1[C@H](O[C@H]2[C@H](O[C@H]3[C@H](O)[C@@H](OC4OC(C(=O)O)C(O)C(O)C4O)[C@H](N=C(N)N)[C@@H](O)[C@@H]3N=C(N)N)O[C@@H](C)[C@]2(O)C=O)O[C@@H](CO)[C@H](O)[C@H]1O. The van der Waals surface area contributed by atoms with Crippen molar-refractivity contribution >= 4 is 24.2 Å². The van der Waals surface area contributed by atoms with Crippen LogP contribution in [-0.2, 0) is 38.0 Å². The Hall–Kier alpha value is -2.96. The van der Waals surface area contributed by atoms with E-state index in [0.29, 0.717) is 0 Å². The summed E-state index contributed by atoms with van der Waals surface area (Å²) >= 11 is 0. The summed E-state index contributed by atoms with van der Waals surface area (Å²) in [6.07, 6.45) is -29.9. The largest absolute Gasteiger partial charge is 0.479 e. The minimum atomic E-state index is -2.54. The number of rotatable bonds is 12. The van der Waals surface area contributed by atoms with Crippen molar-refractivity contribution in [1.82, 2.24) is 5.32 Å². The first-order chi connectivity index (χ1) is 24.3. The molecule has 0 spiro atoms. The number of nitrogens with two attached hydrogens (primary N) is 4. The van der Waals surface area contributed by atoms with E-state index >= 15 is 0 Å². The van der Waals surface area contributed by atoms with Crippen LogP contribution in [0.1, 0.15) is 6.92 Å². The summed E-state index contributed by atoms with van der Waals surface area (Å²) in [5, 5.41) is 109. The van der Waals surface area contributed by atoms with Crippen molar-refractivity contribution in [1.29, 1.82) is 0 Å². The molecule has 1 aliphatic carbocycles. The lowest BCUT2D eigenvalue weighted by molar-refractivity contribution is -0.331. The van der Waals surface area contributed by atoms with Crippen molar-refractivity contribution in [3.63, 3.8) is 0 Å². The second-order valence-electron chi connectivity index (χ2n) is 12.7. The molecule has 19 N–H and O–H groups in total. The summed E-state index contributed by atoms with van der Waals surface area (Å²) in [5.74, 6) is -3.09. The fourth-order valence-corrected chi connectivity index (χ4v) is 6.54. The van der Waals surface area contributed by atoms with Crippen LogP contribution in [0.4, 0.5) is 0 Å². The van der Waals surface area contributed by atoms with Crippen molar-refractivity contribution in [3.8, 4) is 0 Å². The van der Waals surface area contributed by atoms with E-state index in [1.54, 1.807) is 0 Å². The first kappa shape index (κ1) is 41.8. The number of hydrogen-bond acceptors (Lipinski definition) is 20. The summed E-state index contributed by atoms with van der Waals surface area (Å²) in [7, 11) is 1.37. The molecule has 5 unspecified atom stereocenters. The Morgan fingerprint density at radius 3 is 1.81 bits per heavy atom. The number of aliphatic hydroxyl groups is 9. The summed E-state index contributed by atoms with van der Waals surface area (Å²) in [6, 6.07) is -4.69. The number of aliphatic carboxylic acids is 1. The zero-order valence-corrected chi connectivity index (χ0v) is 27.7. The van der Waals surface area contributed by atoms with Gasteiger partial charge < -0.3 is 108 Å². The maximum Gasteiger partial charge on any atom is 0.335 e. The molecule has 20 atom stereocenters. The third kappa shape index (κ3) is 7.94. The van der Waals surface area contributed by atoms with Crippen LogP contribution in [0.25, 0.3) is 0 Å². The molecule has 0 amide bonds. The number of likely N-dealkylation sites (N-methyl/N-ethyl adjacent to an activating group) is 1. The molecule has 298 valence electrons. The van der Waals surface area contributed by atoms with Gasteiger partial charge in [-0.15, -0.1) is 0 Å². The number of carbonyl (C=O) groups excluding carboxylic acids is 1. The molecule has 25 nitrogen and oxygen atoms in total. The standard InChI is InChI=1S/C27H47N7O18/c1-5-27(46,4-36)20(52-22-9(32-2)12(39)10(37)6(3-35)48-22)24(47-5)50-18-8(34-26(30)31)11(38)7(33-25(28)29)17(16(18)43)49-23-15(42)13(40)14(41)19(51-23)21(44)45/h4-20,22-24,32,35,37-43,46H,3H2,1-2H3,(H,44,45)(H4,28,29,33)(H4,30,31,34)/t5-,6-,7+,8-,9-,10-,11+,12-,13?,14?,15?,16+,17-,18+,19?,20-,22-,23?,24-,27+/m0/s1. The smallest absolute Gasteiger partial charge is 0.335 e. The Bertz CT molecular complexity index is 1310. The second kappa shape index (κ2) is 16.6. The lowest BCUT2D eigenvalue weighted by Gasteiger charge is -2.48. The molecule has 25 heteroatoms. The average Bonchev–Trinajstić information content (AvgIpc) is 3.31. The number of nitrogens with one attached hydrogen (secondary N) is 1. The Kier molecular flexibility index (Phi) is 13.3. The molecule has 0 radical (unpaired) electrons. The first-order valence-corrected chi connectivity index (χ1v) is 15.9. The Labute approximate surface area is 294 Å². The number of guanidine groups is 2. The lowest BCUT2D eigenvalue weighted by atomic mass is 9.81. The molecule has 3 aliphatic heterocycles. The quantitative estimate of drug-likeness (QED) is 0.0499. The van der Waals surface area contributed by atoms with Gasteiger partial charge in [0.15, 0.2) is 48.8 Å². The Morgan fingerprint density at radius 1 is 0.769 bits per heavy atom. The van der Waals surface area contributed by atoms with E-state index in [2.05, 4.69) is 15.3 Å². The van der Waals surface area contributed by atoms with Crippen molar-refractivity contribution in [2.75, 3.05) is 13.7 Å². The number of hydrogen-bond donors (Lipinski definition) is 15. The van der Waals surface area contributed by atoms with Gasteiger partial charge in [0, 0.05) is 0 Å². The summed E-state index contributed by atoms with van der Waals surface area (Å²) < 4.78 is 34.1. The fourth-order valence-electron chi connectivity index (χ4n) is 6.54. The van der Waals surface area contributed by atoms with Crippen LogP contribution in [-0.4, -0.2) is 211 Å². The van der Waals surface area contributed by atoms with Crippen LogP contribution < -0.4 is 28.3 Å². The predicted octanol–water partition coefficient (Wildman–Crippen LogP) is -10.2. The summed E-state index contributed by atoms with van der Waals surface area (Å²) in [5.41, 5.74) is 19.8. The molecule has 4 rings (SSSR count). The zero-order valence-electron chi connectivity index (χ0n) is 27.7. The van der Waals surface area contributed by atoms with Crippen LogP contribution in [0.3, 0.4) is 0 Å². The molecular weight excluding hydrogens is 710 g/mol. The van der Waals surface area contributed by atoms with Gasteiger partial charge in [-0.1, -0.05) is 0 Å². The highest BCUT2D eigenvalue weighted by Crippen LogP contribution is 2.39. The molecule has 4 fully saturated rings. The Balaban J connectivity index is 1.74. The van der Waals surface area contributed by atoms with Gasteiger partial charge >= 0.3 is 5.97 Å². The Morgan fingerprint density at radius 2 is 1.33 bits per heavy atom. The van der Waals surface area contributed by atoms with E-state index in [1.165, 1.54) is 14.0 Å². The van der Waals surface area contributed by atoms with E-state index in [0.717, 1.165) is 0 Å². The number of aldehydes is 1. The monoisotopic (exact) mass is 757 g/mol. The molecule has 0 aromatic heterocycles. The molecule has 3 heterocycles. The third-order valence-corrected chi connectivity index (χ3v) is 9.41. The van der Waals surface area contributed by atoms with E-state index in [1.807, 2.05) is 0 Å². The van der Waals surface area contributed by atoms with Gasteiger partial charge in [0.1, 0.15) is 79.2 Å². The van der Waals surface area contributed by atoms with Crippen molar-refractivity contribution in [2.24, 2.45) is 32.9 Å². The molecule has 0 aromatic carbocycles. The number of ether oxygens (including phenoxy) is 6. The second-order valence-corrected chi connectivity index (χ2v) is 12.7. The molecule has 3 saturated heterocycles. The van der Waals surface area contributed by atoms with Gasteiger partial charge in [-0.05, 0) is 14.0 Å². The summed E-state index contributed by atoms with van der Waals surface area (Å²) in [4.78, 5) is 31.8. The normalized spacial score (nSPS) is 48.1. The van der Waals surface area contributed by atoms with Gasteiger partial charge in [-0.2, -0.15) is 0 Å². The zero-order chi connectivity index (χ0) is 39.0. The van der Waals surface area contributed by atoms with Crippen LogP contribution in [0.5, 0.6) is 0 Å². The summed E-state index contributed by atoms with van der Waals surface area (Å²) in [6.45, 7) is 0.471. The molecule has 0 aromatic rings. The van der Waals surface area contributed by atoms with Gasteiger partial charge in [0.25, 0.3) is 0 Å². The van der Waals surface area contributed by atoms with E-state index < -0.39 is 146 Å². The highest BCUT2D eigenvalue weighted by Gasteiger charge is 2.62. The lowest BCUT2D eigenvalue weighted by Crippen LogP contribution is -2.68. The minimum absolute atomic E-state index is 0.0679. The van der Waals surface area contributed by atoms with Gasteiger partial charge in [-0.25, -0.2) is 14.8 Å². The van der Waals surface area contributed by atoms with Crippen LogP contribution in [0, 0.1) is 0 Å². The molecule has 52 heavy (non-hydrogen) atoms. The van der Waals surface area contributed by atoms with E-state index in [4.69, 9.17) is 51.4 Å². The third-order valence-electron chi connectivity index (χ3n) is 9.41. The van der Waals surface area contributed by atoms with E-state index in [9.17, 15) is 60.7 Å². The fraction of sp³-hybridized carbons (Fsp3) is 0.852. The predicted molar refractivity (Wildman–Crippen MR) is 166 cm³/mol. The molecule has 1 saturated carbocycles. The maximum absolute atomic E-state index is 12.3. The maximum atomic E-state index is 12.3. The van der Waals surface area contributed by atoms with Crippen molar-refractivity contribution in [3.05, 3.63) is 0 Å². The molecular formula is C27H47N7O18. The first-order valence-electron chi connectivity index (χ1n) is 15.9. The van der Waals surface area contributed by atoms with Gasteiger partial charge in [-0.3, -0.25) is 4.79 Å². The van der Waals surface area contributed by atoms with Gasteiger partial charge in [0.2, 0.25) is 0 Å². The number of nitrogens with zero attached hydrogens (tertiary/aromatic N) is 2. The van der Waals surface area contributed by atoms with Gasteiger partial charge in [0.05, 0.1) is 18.8 Å². The minimum Gasteiger partial charge on any atom is -0.479 e. The number of aliphatic imine (C=N–C) groups is 2. The molecule has 4 aliphatic rings. The van der Waals surface area contributed by atoms with Crippen LogP contribution in [0.2, 0.25) is 0 Å². The number of carboxylic acid groups (broad SMARTS) is 1. The van der Waals surface area contributed by atoms with Crippen LogP contribution >= 0.6 is 0 Å². The average molecular weight is 758 g/mol. The topological polar surface area (TPSA) is 433 Å². The number of carboxylic acids is 1. The van der Waals surface area contributed by atoms with E-state index in [-0.39, 0.29) is 6.29 Å². The number of carbonyl (C=O) groups is 2. The highest BCUT2D eigenvalue weighted by molar-refractivity contribution is 5.77. The molecule has 0 bridgehead atoms. The van der Waals surface area contributed by atoms with Crippen LogP contribution in [0.15, 0.2) is 9.98 Å². The van der Waals surface area contributed by atoms with Crippen molar-refractivity contribution < 1.29 is 89.1 Å². The highest BCUT2D eigenvalue weighted by atomic mass is 16.8. The van der Waals surface area contributed by atoms with Crippen molar-refractivity contribution in [2.45, 2.75) is 129 Å².